The van der Waals surface area contributed by atoms with Crippen LogP contribution in [0, 0.1) is 17.2 Å². The van der Waals surface area contributed by atoms with Crippen molar-refractivity contribution < 1.29 is 14.3 Å². The smallest absolute Gasteiger partial charge is 0.334 e. The van der Waals surface area contributed by atoms with Crippen LogP contribution in [-0.2, 0) is 26.3 Å². The maximum absolute atomic E-state index is 14.2. The van der Waals surface area contributed by atoms with Gasteiger partial charge in [-0.05, 0) is 22.8 Å². The van der Waals surface area contributed by atoms with Crippen LogP contribution in [0.1, 0.15) is 22.6 Å². The van der Waals surface area contributed by atoms with E-state index in [2.05, 4.69) is 6.07 Å². The maximum atomic E-state index is 14.2. The number of carbonyl (C=O) groups is 2. The fourth-order valence-electron chi connectivity index (χ4n) is 5.25. The van der Waals surface area contributed by atoms with E-state index in [-0.39, 0.29) is 5.91 Å². The molecule has 3 atom stereocenters. The Morgan fingerprint density at radius 1 is 1.00 bits per heavy atom. The van der Waals surface area contributed by atoms with E-state index in [1.54, 1.807) is 11.0 Å². The Hall–Kier alpha value is -4.17. The lowest BCUT2D eigenvalue weighted by molar-refractivity contribution is -0.136. The predicted octanol–water partition coefficient (Wildman–Crippen LogP) is 4.51. The third-order valence-electron chi connectivity index (χ3n) is 6.68. The summed E-state index contributed by atoms with van der Waals surface area (Å²) in [7, 11) is 1.32. The van der Waals surface area contributed by atoms with Crippen LogP contribution in [0.4, 0.5) is 5.69 Å². The fourth-order valence-corrected chi connectivity index (χ4v) is 5.25. The zero-order chi connectivity index (χ0) is 23.0. The third kappa shape index (κ3) is 3.07. The molecule has 0 saturated carbocycles. The number of anilines is 1. The monoisotopic (exact) mass is 434 g/mol. The van der Waals surface area contributed by atoms with Gasteiger partial charge in [-0.1, -0.05) is 84.9 Å². The predicted molar refractivity (Wildman–Crippen MR) is 124 cm³/mol. The standard InChI is InChI=1S/C28H22N2O3/c1-33-26(31)21-16-28(23(17-29)25(21)20-12-6-3-7-13-20)22-14-8-9-15-24(22)30(27(28)32)18-19-10-4-2-5-11-19/h2-16,23,25H,18H2,1H3/t23-,25-,28-/m0/s1. The molecule has 162 valence electrons. The molecule has 1 heterocycles. The molecule has 0 saturated heterocycles. The molecule has 2 aliphatic rings. The number of carbonyl (C=O) groups excluding carboxylic acids is 2. The van der Waals surface area contributed by atoms with Gasteiger partial charge in [0.1, 0.15) is 5.41 Å². The summed E-state index contributed by atoms with van der Waals surface area (Å²) in [5.74, 6) is -2.08. The van der Waals surface area contributed by atoms with E-state index in [1.807, 2.05) is 84.9 Å². The molecule has 5 heteroatoms. The highest BCUT2D eigenvalue weighted by Crippen LogP contribution is 2.58. The van der Waals surface area contributed by atoms with Gasteiger partial charge in [-0.3, -0.25) is 4.79 Å². The summed E-state index contributed by atoms with van der Waals surface area (Å²) in [6.45, 7) is 0.383. The van der Waals surface area contributed by atoms with Gasteiger partial charge in [0.2, 0.25) is 5.91 Å². The van der Waals surface area contributed by atoms with Crippen LogP contribution < -0.4 is 4.90 Å². The summed E-state index contributed by atoms with van der Waals surface area (Å²) >= 11 is 0. The van der Waals surface area contributed by atoms with Crippen LogP contribution in [0.3, 0.4) is 0 Å². The van der Waals surface area contributed by atoms with Crippen LogP contribution in [0.5, 0.6) is 0 Å². The molecule has 0 unspecified atom stereocenters. The Morgan fingerprint density at radius 3 is 2.30 bits per heavy atom. The van der Waals surface area contributed by atoms with Gasteiger partial charge in [0, 0.05) is 17.2 Å². The van der Waals surface area contributed by atoms with Gasteiger partial charge in [-0.15, -0.1) is 0 Å². The number of para-hydroxylation sites is 1. The van der Waals surface area contributed by atoms with Gasteiger partial charge in [0.05, 0.1) is 25.6 Å². The number of rotatable bonds is 4. The van der Waals surface area contributed by atoms with E-state index in [0.29, 0.717) is 12.1 Å². The van der Waals surface area contributed by atoms with E-state index in [1.165, 1.54) is 7.11 Å². The minimum atomic E-state index is -1.26. The SMILES string of the molecule is COC(=O)C1=C[C@@]2(C(=O)N(Cc3ccccc3)c3ccccc32)[C@@H](C#N)[C@H]1c1ccccc1. The van der Waals surface area contributed by atoms with Gasteiger partial charge < -0.3 is 9.64 Å². The Balaban J connectivity index is 1.70. The van der Waals surface area contributed by atoms with Gasteiger partial charge in [-0.25, -0.2) is 4.79 Å². The molecule has 0 aromatic heterocycles. The van der Waals surface area contributed by atoms with E-state index < -0.39 is 23.2 Å². The number of fused-ring (bicyclic) bond motifs is 2. The van der Waals surface area contributed by atoms with Crippen LogP contribution in [0.2, 0.25) is 0 Å². The molecular weight excluding hydrogens is 412 g/mol. The number of nitrogens with zero attached hydrogens (tertiary/aromatic N) is 2. The molecular formula is C28H22N2O3. The zero-order valence-electron chi connectivity index (χ0n) is 18.1. The summed E-state index contributed by atoms with van der Waals surface area (Å²) in [6.07, 6.45) is 1.69. The molecule has 5 nitrogen and oxygen atoms in total. The summed E-state index contributed by atoms with van der Waals surface area (Å²) in [5, 5.41) is 10.4. The lowest BCUT2D eigenvalue weighted by atomic mass is 9.70. The number of nitriles is 1. The fraction of sp³-hybridized carbons (Fsp3) is 0.179. The molecule has 0 bridgehead atoms. The number of amides is 1. The molecule has 0 radical (unpaired) electrons. The van der Waals surface area contributed by atoms with Gasteiger partial charge in [0.15, 0.2) is 0 Å². The Morgan fingerprint density at radius 2 is 1.64 bits per heavy atom. The molecule has 1 spiro atoms. The minimum Gasteiger partial charge on any atom is -0.466 e. The molecule has 1 aliphatic heterocycles. The summed E-state index contributed by atoms with van der Waals surface area (Å²) in [4.78, 5) is 28.8. The first kappa shape index (κ1) is 20.7. The van der Waals surface area contributed by atoms with E-state index >= 15 is 0 Å². The average Bonchev–Trinajstić information content (AvgIpc) is 3.34. The van der Waals surface area contributed by atoms with Gasteiger partial charge in [-0.2, -0.15) is 5.26 Å². The summed E-state index contributed by atoms with van der Waals surface area (Å²) < 4.78 is 5.09. The topological polar surface area (TPSA) is 70.4 Å². The molecule has 3 aromatic rings. The van der Waals surface area contributed by atoms with Crippen LogP contribution in [-0.4, -0.2) is 19.0 Å². The minimum absolute atomic E-state index is 0.195. The van der Waals surface area contributed by atoms with Crippen molar-refractivity contribution in [3.05, 3.63) is 113 Å². The second-order valence-electron chi connectivity index (χ2n) is 8.35. The van der Waals surface area contributed by atoms with Crippen molar-refractivity contribution in [1.29, 1.82) is 5.26 Å². The molecule has 0 N–H and O–H groups in total. The first-order valence-corrected chi connectivity index (χ1v) is 10.8. The number of methoxy groups -OCH3 is 1. The highest BCUT2D eigenvalue weighted by molar-refractivity contribution is 6.12. The molecule has 1 amide bonds. The number of hydrogen-bond acceptors (Lipinski definition) is 4. The molecule has 5 rings (SSSR count). The quantitative estimate of drug-likeness (QED) is 0.567. The lowest BCUT2D eigenvalue weighted by Gasteiger charge is -2.29. The van der Waals surface area contributed by atoms with E-state index in [0.717, 1.165) is 22.4 Å². The first-order chi connectivity index (χ1) is 16.1. The average molecular weight is 434 g/mol. The van der Waals surface area contributed by atoms with Crippen LogP contribution in [0.25, 0.3) is 0 Å². The molecule has 3 aromatic carbocycles. The molecule has 0 fully saturated rings. The van der Waals surface area contributed by atoms with Crippen molar-refractivity contribution >= 4 is 17.6 Å². The largest absolute Gasteiger partial charge is 0.466 e. The van der Waals surface area contributed by atoms with Gasteiger partial charge >= 0.3 is 5.97 Å². The Bertz CT molecular complexity index is 1290. The Kier molecular flexibility index (Phi) is 5.07. The van der Waals surface area contributed by atoms with E-state index in [4.69, 9.17) is 4.74 Å². The van der Waals surface area contributed by atoms with Gasteiger partial charge in [0.25, 0.3) is 0 Å². The van der Waals surface area contributed by atoms with Crippen molar-refractivity contribution in [2.75, 3.05) is 12.0 Å². The lowest BCUT2D eigenvalue weighted by Crippen LogP contribution is -2.43. The van der Waals surface area contributed by atoms with Crippen molar-refractivity contribution in [2.24, 2.45) is 5.92 Å². The van der Waals surface area contributed by atoms with Crippen LogP contribution in [0.15, 0.2) is 96.6 Å². The number of hydrogen-bond donors (Lipinski definition) is 0. The number of ether oxygens (including phenoxy) is 1. The highest BCUT2D eigenvalue weighted by Gasteiger charge is 2.61. The summed E-state index contributed by atoms with van der Waals surface area (Å²) in [5.41, 5.74) is 2.40. The zero-order valence-corrected chi connectivity index (χ0v) is 18.1. The van der Waals surface area contributed by atoms with Crippen LogP contribution >= 0.6 is 0 Å². The maximum Gasteiger partial charge on any atom is 0.334 e. The molecule has 1 aliphatic carbocycles. The van der Waals surface area contributed by atoms with Crippen molar-refractivity contribution in [3.63, 3.8) is 0 Å². The molecule has 33 heavy (non-hydrogen) atoms. The second kappa shape index (κ2) is 8.07. The van der Waals surface area contributed by atoms with Crippen molar-refractivity contribution in [1.82, 2.24) is 0 Å². The second-order valence-corrected chi connectivity index (χ2v) is 8.35. The van der Waals surface area contributed by atoms with E-state index in [9.17, 15) is 14.9 Å². The van der Waals surface area contributed by atoms with Crippen molar-refractivity contribution in [3.8, 4) is 6.07 Å². The third-order valence-corrected chi connectivity index (χ3v) is 6.68. The summed E-state index contributed by atoms with van der Waals surface area (Å²) in [6, 6.07) is 29.1. The first-order valence-electron chi connectivity index (χ1n) is 10.8. The van der Waals surface area contributed by atoms with Crippen molar-refractivity contribution in [2.45, 2.75) is 17.9 Å². The normalized spacial score (nSPS) is 23.2. The Labute approximate surface area is 192 Å². The number of benzene rings is 3. The highest BCUT2D eigenvalue weighted by atomic mass is 16.5. The number of esters is 1.